The maximum absolute atomic E-state index is 12.2. The molecule has 6 atom stereocenters. The van der Waals surface area contributed by atoms with E-state index in [1.165, 1.54) is 18.4 Å². The fourth-order valence-corrected chi connectivity index (χ4v) is 7.13. The van der Waals surface area contributed by atoms with Gasteiger partial charge in [0.25, 0.3) is 0 Å². The van der Waals surface area contributed by atoms with Crippen LogP contribution in [0.5, 0.6) is 11.5 Å². The number of piperidine rings is 1. The first-order chi connectivity index (χ1) is 12.4. The molecule has 1 aromatic carbocycles. The van der Waals surface area contributed by atoms with Crippen LogP contribution in [0.15, 0.2) is 12.1 Å². The van der Waals surface area contributed by atoms with Crippen LogP contribution in [0.4, 0.5) is 0 Å². The van der Waals surface area contributed by atoms with Crippen molar-refractivity contribution in [2.24, 2.45) is 5.92 Å². The van der Waals surface area contributed by atoms with E-state index < -0.39 is 23.2 Å². The predicted octanol–water partition coefficient (Wildman–Crippen LogP) is 1.46. The van der Waals surface area contributed by atoms with E-state index in [1.54, 1.807) is 6.07 Å². The van der Waals surface area contributed by atoms with Crippen LogP contribution in [0.2, 0.25) is 0 Å². The molecule has 6 rings (SSSR count). The first-order valence-corrected chi connectivity index (χ1v) is 10.2. The van der Waals surface area contributed by atoms with Gasteiger partial charge in [-0.05, 0) is 37.3 Å². The first kappa shape index (κ1) is 15.7. The molecule has 2 heterocycles. The van der Waals surface area contributed by atoms with Crippen LogP contribution >= 0.6 is 0 Å². The predicted molar refractivity (Wildman–Crippen MR) is 95.1 cm³/mol. The summed E-state index contributed by atoms with van der Waals surface area (Å²) in [6.45, 7) is 2.15. The number of likely N-dealkylation sites (tertiary alicyclic amines) is 1. The number of hydrogen-bond acceptors (Lipinski definition) is 4. The molecule has 1 aromatic rings. The van der Waals surface area contributed by atoms with E-state index in [-0.39, 0.29) is 11.8 Å². The summed E-state index contributed by atoms with van der Waals surface area (Å²) in [4.78, 5) is 0. The number of hydrogen-bond donors (Lipinski definition) is 3. The minimum Gasteiger partial charge on any atom is -0.504 e. The molecule has 5 aliphatic rings. The first-order valence-electron chi connectivity index (χ1n) is 10.2. The van der Waals surface area contributed by atoms with Crippen LogP contribution in [0.25, 0.3) is 0 Å². The van der Waals surface area contributed by atoms with Crippen molar-refractivity contribution in [3.63, 3.8) is 0 Å². The summed E-state index contributed by atoms with van der Waals surface area (Å²) in [6.07, 6.45) is 4.44. The van der Waals surface area contributed by atoms with Gasteiger partial charge in [0.1, 0.15) is 17.7 Å². The highest BCUT2D eigenvalue weighted by Crippen LogP contribution is 2.66. The fourth-order valence-electron chi connectivity index (χ4n) is 7.13. The summed E-state index contributed by atoms with van der Waals surface area (Å²) in [5.74, 6) is 1.46. The Morgan fingerprint density at radius 2 is 2.04 bits per heavy atom. The third-order valence-corrected chi connectivity index (χ3v) is 8.45. The average molecular weight is 358 g/mol. The van der Waals surface area contributed by atoms with Gasteiger partial charge in [-0.15, -0.1) is 0 Å². The van der Waals surface area contributed by atoms with Crippen LogP contribution < -0.4 is 4.74 Å². The van der Waals surface area contributed by atoms with Gasteiger partial charge in [-0.2, -0.15) is 0 Å². The van der Waals surface area contributed by atoms with Crippen molar-refractivity contribution in [1.29, 1.82) is 0 Å². The second kappa shape index (κ2) is 4.57. The quantitative estimate of drug-likeness (QED) is 0.700. The Kier molecular flexibility index (Phi) is 2.76. The van der Waals surface area contributed by atoms with Crippen molar-refractivity contribution in [1.82, 2.24) is 0 Å². The molecule has 3 N–H and O–H groups in total. The number of rotatable bonds is 2. The highest BCUT2D eigenvalue weighted by atomic mass is 16.5. The van der Waals surface area contributed by atoms with Crippen LogP contribution in [0, 0.1) is 5.92 Å². The highest BCUT2D eigenvalue weighted by molar-refractivity contribution is 5.62. The topological polar surface area (TPSA) is 69.9 Å². The highest BCUT2D eigenvalue weighted by Gasteiger charge is 2.76. The number of nitrogens with zero attached hydrogens (tertiary/aromatic N) is 1. The number of aromatic hydroxyl groups is 1. The molecule has 3 fully saturated rings. The zero-order valence-corrected chi connectivity index (χ0v) is 15.3. The molecule has 26 heavy (non-hydrogen) atoms. The zero-order chi connectivity index (χ0) is 17.9. The van der Waals surface area contributed by atoms with Crippen molar-refractivity contribution in [2.45, 2.75) is 67.8 Å². The summed E-state index contributed by atoms with van der Waals surface area (Å²) < 4.78 is 7.11. The number of aliphatic hydroxyl groups excluding tert-OH is 1. The van der Waals surface area contributed by atoms with Gasteiger partial charge in [-0.25, -0.2) is 0 Å². The zero-order valence-electron chi connectivity index (χ0n) is 15.3. The molecule has 1 spiro atoms. The van der Waals surface area contributed by atoms with Gasteiger partial charge < -0.3 is 24.5 Å². The molecule has 5 heteroatoms. The second-order valence-electron chi connectivity index (χ2n) is 9.79. The van der Waals surface area contributed by atoms with Gasteiger partial charge in [-0.1, -0.05) is 6.07 Å². The minimum atomic E-state index is -0.870. The summed E-state index contributed by atoms with van der Waals surface area (Å²) in [5, 5.41) is 33.4. The molecule has 2 saturated carbocycles. The number of phenolic OH excluding ortho intramolecular Hbond substituents is 1. The summed E-state index contributed by atoms with van der Waals surface area (Å²) in [6, 6.07) is 3.88. The van der Waals surface area contributed by atoms with Crippen LogP contribution in [0.3, 0.4) is 0 Å². The number of likely N-dealkylation sites (N-methyl/N-ethyl adjacent to an activating group) is 1. The molecule has 5 nitrogen and oxygen atoms in total. The van der Waals surface area contributed by atoms with E-state index in [0.29, 0.717) is 18.6 Å². The number of benzene rings is 1. The monoisotopic (exact) mass is 358 g/mol. The smallest absolute Gasteiger partial charge is 0.165 e. The Bertz CT molecular complexity index is 807. The minimum absolute atomic E-state index is 0.137. The number of quaternary nitrogens is 1. The Morgan fingerprint density at radius 1 is 1.23 bits per heavy atom. The molecule has 1 saturated heterocycles. The van der Waals surface area contributed by atoms with Gasteiger partial charge in [-0.3, -0.25) is 0 Å². The van der Waals surface area contributed by atoms with Crippen molar-refractivity contribution in [2.75, 3.05) is 20.1 Å². The summed E-state index contributed by atoms with van der Waals surface area (Å²) in [5.41, 5.74) is 0.755. The van der Waals surface area contributed by atoms with E-state index >= 15 is 0 Å². The Morgan fingerprint density at radius 3 is 2.81 bits per heavy atom. The standard InChI is InChI=1S/C21H27NO4/c1-22(11-12-2-3-12)9-8-20-17-13-4-5-14(23)18(17)26-19(20)15(24)6-7-21(20,25)16(22)10-13/h4-5,12,15-16,19,24-25H,2-3,6-11H2,1H3/p+1/t15-,16-,19+,20+,21-,22?/m1/s1. The number of ether oxygens (including phenoxy) is 1. The molecule has 0 aromatic heterocycles. The lowest BCUT2D eigenvalue weighted by Crippen LogP contribution is -2.81. The van der Waals surface area contributed by atoms with E-state index in [2.05, 4.69) is 7.05 Å². The molecule has 0 amide bonds. The second-order valence-corrected chi connectivity index (χ2v) is 9.79. The lowest BCUT2D eigenvalue weighted by Gasteiger charge is -2.65. The largest absolute Gasteiger partial charge is 0.504 e. The van der Waals surface area contributed by atoms with Gasteiger partial charge in [0, 0.05) is 24.3 Å². The van der Waals surface area contributed by atoms with Crippen LogP contribution in [0.1, 0.15) is 43.2 Å². The van der Waals surface area contributed by atoms with E-state index in [1.807, 2.05) is 6.07 Å². The summed E-state index contributed by atoms with van der Waals surface area (Å²) in [7, 11) is 2.33. The van der Waals surface area contributed by atoms with Gasteiger partial charge in [0.15, 0.2) is 11.5 Å². The molecular formula is C21H28NO4+. The third-order valence-electron chi connectivity index (χ3n) is 8.45. The molecular weight excluding hydrogens is 330 g/mol. The lowest BCUT2D eigenvalue weighted by molar-refractivity contribution is -0.950. The van der Waals surface area contributed by atoms with Gasteiger partial charge in [0.2, 0.25) is 0 Å². The van der Waals surface area contributed by atoms with Crippen molar-refractivity contribution < 1.29 is 24.5 Å². The van der Waals surface area contributed by atoms with Crippen LogP contribution in [-0.2, 0) is 11.8 Å². The molecule has 3 aliphatic carbocycles. The third kappa shape index (κ3) is 1.60. The Hall–Kier alpha value is -1.30. The van der Waals surface area contributed by atoms with Crippen molar-refractivity contribution in [3.05, 3.63) is 23.3 Å². The average Bonchev–Trinajstić information content (AvgIpc) is 3.32. The maximum atomic E-state index is 12.2. The molecule has 0 radical (unpaired) electrons. The fraction of sp³-hybridized carbons (Fsp3) is 0.714. The van der Waals surface area contributed by atoms with Crippen LogP contribution in [-0.4, -0.2) is 63.8 Å². The van der Waals surface area contributed by atoms with Gasteiger partial charge >= 0.3 is 0 Å². The van der Waals surface area contributed by atoms with E-state index in [0.717, 1.165) is 41.9 Å². The van der Waals surface area contributed by atoms with E-state index in [9.17, 15) is 15.3 Å². The molecule has 1 unspecified atom stereocenters. The SMILES string of the molecule is C[N+]1(CC2CC2)CC[C@]23c4c5ccc(O)c4O[C@H]2[C@H](O)CC[C@@]3(O)[C@H]1C5. The van der Waals surface area contributed by atoms with Crippen molar-refractivity contribution >= 4 is 0 Å². The number of aliphatic hydroxyl groups is 2. The molecule has 2 aliphatic heterocycles. The lowest BCUT2D eigenvalue weighted by atomic mass is 9.48. The normalized spacial score (nSPS) is 48.0. The Labute approximate surface area is 153 Å². The molecule has 2 bridgehead atoms. The maximum Gasteiger partial charge on any atom is 0.165 e. The Balaban J connectivity index is 1.59. The van der Waals surface area contributed by atoms with Gasteiger partial charge in [0.05, 0.1) is 31.7 Å². The van der Waals surface area contributed by atoms with E-state index in [4.69, 9.17) is 4.74 Å². The summed E-state index contributed by atoms with van der Waals surface area (Å²) >= 11 is 0. The molecule has 140 valence electrons. The number of phenols is 1. The van der Waals surface area contributed by atoms with Crippen molar-refractivity contribution in [3.8, 4) is 11.5 Å².